The standard InChI is InChI=1S/C37H39N3O6S/c1-5-44-37(43)33-31-19-8-24(3)20-32(31)47-36(33)39-35(42)28-13-17-30(18-14-28)46-25(4)34(41)40-38-21-26-11-15-29(16-12-26)45-22-27-9-6-23(2)7-10-27/h6-7,9-18,21,24-25H,5,8,19-20,22H2,1-4H3,(H,39,42)(H,40,41). The molecule has 0 fully saturated rings. The van der Waals surface area contributed by atoms with Crippen molar-refractivity contribution in [3.05, 3.63) is 111 Å². The molecule has 1 aliphatic rings. The summed E-state index contributed by atoms with van der Waals surface area (Å²) in [5.74, 6) is 0.494. The number of benzene rings is 3. The number of esters is 1. The minimum atomic E-state index is -0.837. The first kappa shape index (κ1) is 33.4. The van der Waals surface area contributed by atoms with Crippen LogP contribution in [0.15, 0.2) is 77.9 Å². The van der Waals surface area contributed by atoms with E-state index in [4.69, 9.17) is 14.2 Å². The van der Waals surface area contributed by atoms with E-state index in [0.717, 1.165) is 46.6 Å². The predicted octanol–water partition coefficient (Wildman–Crippen LogP) is 7.11. The maximum absolute atomic E-state index is 13.1. The van der Waals surface area contributed by atoms with Crippen molar-refractivity contribution in [2.24, 2.45) is 11.0 Å². The van der Waals surface area contributed by atoms with Crippen LogP contribution >= 0.6 is 11.3 Å². The molecule has 0 bridgehead atoms. The van der Waals surface area contributed by atoms with Crippen LogP contribution in [0.3, 0.4) is 0 Å². The van der Waals surface area contributed by atoms with Gasteiger partial charge in [0.25, 0.3) is 11.8 Å². The molecule has 1 aliphatic carbocycles. The first-order valence-corrected chi connectivity index (χ1v) is 16.5. The molecule has 0 saturated heterocycles. The van der Waals surface area contributed by atoms with Gasteiger partial charge in [-0.3, -0.25) is 9.59 Å². The lowest BCUT2D eigenvalue weighted by Crippen LogP contribution is -2.33. The Morgan fingerprint density at radius 3 is 2.40 bits per heavy atom. The van der Waals surface area contributed by atoms with Crippen molar-refractivity contribution < 1.29 is 28.6 Å². The van der Waals surface area contributed by atoms with Gasteiger partial charge in [0.2, 0.25) is 0 Å². The maximum atomic E-state index is 13.1. The molecule has 5 rings (SSSR count). The predicted molar refractivity (Wildman–Crippen MR) is 184 cm³/mol. The Morgan fingerprint density at radius 2 is 1.70 bits per heavy atom. The molecule has 4 aromatic rings. The van der Waals surface area contributed by atoms with E-state index in [1.54, 1.807) is 44.3 Å². The number of carbonyl (C=O) groups excluding carboxylic acids is 3. The molecule has 47 heavy (non-hydrogen) atoms. The summed E-state index contributed by atoms with van der Waals surface area (Å²) in [7, 11) is 0. The van der Waals surface area contributed by atoms with E-state index in [2.05, 4.69) is 34.9 Å². The second kappa shape index (κ2) is 15.6. The van der Waals surface area contributed by atoms with Crippen LogP contribution in [0.4, 0.5) is 5.00 Å². The summed E-state index contributed by atoms with van der Waals surface area (Å²) in [6.07, 6.45) is 3.37. The highest BCUT2D eigenvalue weighted by Gasteiger charge is 2.29. The molecule has 1 heterocycles. The smallest absolute Gasteiger partial charge is 0.341 e. The monoisotopic (exact) mass is 653 g/mol. The molecule has 2 unspecified atom stereocenters. The van der Waals surface area contributed by atoms with E-state index in [0.29, 0.717) is 34.4 Å². The first-order valence-electron chi connectivity index (χ1n) is 15.7. The number of thiophene rings is 1. The third kappa shape index (κ3) is 8.86. The topological polar surface area (TPSA) is 115 Å². The van der Waals surface area contributed by atoms with Gasteiger partial charge in [-0.1, -0.05) is 36.8 Å². The summed E-state index contributed by atoms with van der Waals surface area (Å²) in [6, 6.07) is 22.1. The number of nitrogens with one attached hydrogen (secondary N) is 2. The fourth-order valence-corrected chi connectivity index (χ4v) is 6.53. The minimum absolute atomic E-state index is 0.261. The second-order valence-electron chi connectivity index (χ2n) is 11.6. The number of hydrogen-bond donors (Lipinski definition) is 2. The molecule has 3 aromatic carbocycles. The molecule has 2 atom stereocenters. The molecule has 10 heteroatoms. The first-order chi connectivity index (χ1) is 22.7. The quantitative estimate of drug-likeness (QED) is 0.0957. The Hall–Kier alpha value is -4.96. The van der Waals surface area contributed by atoms with Crippen molar-refractivity contribution in [2.45, 2.75) is 59.7 Å². The van der Waals surface area contributed by atoms with E-state index in [1.807, 2.05) is 43.3 Å². The zero-order chi connectivity index (χ0) is 33.3. The Labute approximate surface area is 279 Å². The number of nitrogens with zero attached hydrogens (tertiary/aromatic N) is 1. The summed E-state index contributed by atoms with van der Waals surface area (Å²) in [5.41, 5.74) is 7.43. The molecule has 0 spiro atoms. The molecule has 0 saturated carbocycles. The van der Waals surface area contributed by atoms with E-state index in [1.165, 1.54) is 16.9 Å². The highest BCUT2D eigenvalue weighted by molar-refractivity contribution is 7.17. The van der Waals surface area contributed by atoms with Crippen LogP contribution < -0.4 is 20.2 Å². The van der Waals surface area contributed by atoms with Gasteiger partial charge in [-0.25, -0.2) is 10.2 Å². The SMILES string of the molecule is CCOC(=O)c1c(NC(=O)c2ccc(OC(C)C(=O)NN=Cc3ccc(OCc4ccc(C)cc4)cc3)cc2)sc2c1CCC(C)C2. The van der Waals surface area contributed by atoms with Crippen molar-refractivity contribution in [2.75, 3.05) is 11.9 Å². The Kier molecular flexibility index (Phi) is 11.1. The summed E-state index contributed by atoms with van der Waals surface area (Å²) >= 11 is 1.45. The summed E-state index contributed by atoms with van der Waals surface area (Å²) in [5, 5.41) is 7.48. The fourth-order valence-electron chi connectivity index (χ4n) is 5.14. The zero-order valence-electron chi connectivity index (χ0n) is 27.0. The Balaban J connectivity index is 1.11. The van der Waals surface area contributed by atoms with Gasteiger partial charge >= 0.3 is 5.97 Å². The van der Waals surface area contributed by atoms with Gasteiger partial charge in [-0.2, -0.15) is 5.10 Å². The van der Waals surface area contributed by atoms with Crippen molar-refractivity contribution in [1.82, 2.24) is 5.43 Å². The van der Waals surface area contributed by atoms with Crippen LogP contribution in [0.1, 0.15) is 75.0 Å². The van der Waals surface area contributed by atoms with Crippen LogP contribution in [0.25, 0.3) is 0 Å². The number of ether oxygens (including phenoxy) is 3. The third-order valence-electron chi connectivity index (χ3n) is 7.81. The highest BCUT2D eigenvalue weighted by Crippen LogP contribution is 2.40. The van der Waals surface area contributed by atoms with Crippen LogP contribution in [0.5, 0.6) is 11.5 Å². The Bertz CT molecular complexity index is 1730. The van der Waals surface area contributed by atoms with Crippen molar-refractivity contribution in [3.8, 4) is 11.5 Å². The number of aryl methyl sites for hydroxylation is 1. The van der Waals surface area contributed by atoms with Gasteiger partial charge in [0.1, 0.15) is 23.1 Å². The highest BCUT2D eigenvalue weighted by atomic mass is 32.1. The Morgan fingerprint density at radius 1 is 1.00 bits per heavy atom. The lowest BCUT2D eigenvalue weighted by atomic mass is 9.88. The summed E-state index contributed by atoms with van der Waals surface area (Å²) < 4.78 is 16.9. The molecule has 0 radical (unpaired) electrons. The number of amides is 2. The molecule has 2 amide bonds. The van der Waals surface area contributed by atoms with Crippen LogP contribution in [0.2, 0.25) is 0 Å². The van der Waals surface area contributed by atoms with E-state index in [-0.39, 0.29) is 12.5 Å². The largest absolute Gasteiger partial charge is 0.489 e. The molecule has 244 valence electrons. The summed E-state index contributed by atoms with van der Waals surface area (Å²) in [6.45, 7) is 8.36. The van der Waals surface area contributed by atoms with Crippen molar-refractivity contribution in [3.63, 3.8) is 0 Å². The van der Waals surface area contributed by atoms with Crippen molar-refractivity contribution >= 4 is 40.3 Å². The lowest BCUT2D eigenvalue weighted by Gasteiger charge is -2.18. The van der Waals surface area contributed by atoms with Gasteiger partial charge in [-0.05, 0) is 111 Å². The lowest BCUT2D eigenvalue weighted by molar-refractivity contribution is -0.127. The molecular formula is C37H39N3O6S. The van der Waals surface area contributed by atoms with Gasteiger partial charge < -0.3 is 19.5 Å². The van der Waals surface area contributed by atoms with Gasteiger partial charge in [-0.15, -0.1) is 11.3 Å². The third-order valence-corrected chi connectivity index (χ3v) is 8.98. The average Bonchev–Trinajstić information content (AvgIpc) is 3.42. The molecule has 1 aromatic heterocycles. The number of rotatable bonds is 12. The number of fused-ring (bicyclic) bond motifs is 1. The minimum Gasteiger partial charge on any atom is -0.489 e. The fraction of sp³-hybridized carbons (Fsp3) is 0.297. The second-order valence-corrected chi connectivity index (χ2v) is 12.7. The molecular weight excluding hydrogens is 614 g/mol. The number of hydrogen-bond acceptors (Lipinski definition) is 8. The van der Waals surface area contributed by atoms with Crippen LogP contribution in [0, 0.1) is 12.8 Å². The van der Waals surface area contributed by atoms with E-state index in [9.17, 15) is 14.4 Å². The number of hydrazone groups is 1. The average molecular weight is 654 g/mol. The maximum Gasteiger partial charge on any atom is 0.341 e. The number of carbonyl (C=O) groups is 3. The van der Waals surface area contributed by atoms with Gasteiger partial charge in [0, 0.05) is 10.4 Å². The van der Waals surface area contributed by atoms with E-state index >= 15 is 0 Å². The van der Waals surface area contributed by atoms with E-state index < -0.39 is 18.0 Å². The number of anilines is 1. The summed E-state index contributed by atoms with van der Waals surface area (Å²) in [4.78, 5) is 39.6. The van der Waals surface area contributed by atoms with Crippen LogP contribution in [-0.4, -0.2) is 36.7 Å². The molecule has 2 N–H and O–H groups in total. The zero-order valence-corrected chi connectivity index (χ0v) is 27.8. The van der Waals surface area contributed by atoms with Gasteiger partial charge in [0.15, 0.2) is 6.10 Å². The molecule has 9 nitrogen and oxygen atoms in total. The van der Waals surface area contributed by atoms with Gasteiger partial charge in [0.05, 0.1) is 18.4 Å². The molecule has 0 aliphatic heterocycles. The van der Waals surface area contributed by atoms with Crippen molar-refractivity contribution in [1.29, 1.82) is 0 Å². The van der Waals surface area contributed by atoms with Crippen LogP contribution in [-0.2, 0) is 29.0 Å². The normalized spacial score (nSPS) is 14.6.